The molecule has 2 amide bonds. The van der Waals surface area contributed by atoms with Crippen molar-refractivity contribution >= 4 is 12.0 Å². The minimum Gasteiger partial charge on any atom is -0.379 e. The number of carbonyl (C=O) groups is 1. The number of anilines is 1. The highest BCUT2D eigenvalue weighted by molar-refractivity contribution is 5.74. The van der Waals surface area contributed by atoms with Gasteiger partial charge in [0.2, 0.25) is 5.95 Å². The molecule has 1 N–H and O–H groups in total. The minimum atomic E-state index is 0.0832. The molecule has 1 aromatic heterocycles. The molecule has 7 heteroatoms. The molecule has 0 atom stereocenters. The summed E-state index contributed by atoms with van der Waals surface area (Å²) in [6, 6.07) is 2.34. The minimum absolute atomic E-state index is 0.0832. The molecule has 3 fully saturated rings. The summed E-state index contributed by atoms with van der Waals surface area (Å²) in [5, 5.41) is 3.21. The van der Waals surface area contributed by atoms with Crippen LogP contribution < -0.4 is 10.2 Å². The fourth-order valence-corrected chi connectivity index (χ4v) is 4.44. The van der Waals surface area contributed by atoms with Crippen molar-refractivity contribution in [1.29, 1.82) is 0 Å². The van der Waals surface area contributed by atoms with Gasteiger partial charge in [-0.05, 0) is 31.7 Å². The largest absolute Gasteiger partial charge is 0.379 e. The molecule has 2 saturated heterocycles. The van der Waals surface area contributed by atoms with E-state index in [1.807, 2.05) is 11.0 Å². The number of nitrogens with one attached hydrogen (secondary N) is 1. The van der Waals surface area contributed by atoms with Crippen molar-refractivity contribution in [2.45, 2.75) is 44.6 Å². The fraction of sp³-hybridized carbons (Fsp3) is 0.737. The van der Waals surface area contributed by atoms with E-state index in [4.69, 9.17) is 4.74 Å². The van der Waals surface area contributed by atoms with Crippen LogP contribution in [-0.4, -0.2) is 66.3 Å². The Bertz CT molecular complexity index is 597. The Morgan fingerprint density at radius 1 is 1.15 bits per heavy atom. The zero-order chi connectivity index (χ0) is 17.8. The number of carbonyl (C=O) groups excluding carboxylic acids is 1. The smallest absolute Gasteiger partial charge is 0.317 e. The Kier molecular flexibility index (Phi) is 5.24. The highest BCUT2D eigenvalue weighted by Gasteiger charge is 2.40. The second-order valence-electron chi connectivity index (χ2n) is 7.94. The number of amides is 2. The topological polar surface area (TPSA) is 70.6 Å². The van der Waals surface area contributed by atoms with Gasteiger partial charge in [0.15, 0.2) is 0 Å². The first-order chi connectivity index (χ1) is 12.7. The average molecular weight is 359 g/mol. The number of likely N-dealkylation sites (tertiary alicyclic amines) is 1. The van der Waals surface area contributed by atoms with Gasteiger partial charge < -0.3 is 19.9 Å². The van der Waals surface area contributed by atoms with Crippen LogP contribution in [0.3, 0.4) is 0 Å². The van der Waals surface area contributed by atoms with E-state index >= 15 is 0 Å². The first kappa shape index (κ1) is 17.5. The van der Waals surface area contributed by atoms with Crippen LogP contribution in [0.2, 0.25) is 0 Å². The molecule has 142 valence electrons. The number of hydrogen-bond donors (Lipinski definition) is 1. The lowest BCUT2D eigenvalue weighted by atomic mass is 9.78. The zero-order valence-electron chi connectivity index (χ0n) is 15.4. The van der Waals surface area contributed by atoms with Gasteiger partial charge >= 0.3 is 6.03 Å². The predicted molar refractivity (Wildman–Crippen MR) is 99.1 cm³/mol. The lowest BCUT2D eigenvalue weighted by Gasteiger charge is -2.42. The fourth-order valence-electron chi connectivity index (χ4n) is 4.44. The number of aromatic nitrogens is 2. The van der Waals surface area contributed by atoms with Gasteiger partial charge in [-0.3, -0.25) is 0 Å². The zero-order valence-corrected chi connectivity index (χ0v) is 15.4. The van der Waals surface area contributed by atoms with Crippen molar-refractivity contribution in [3.63, 3.8) is 0 Å². The van der Waals surface area contributed by atoms with E-state index in [9.17, 15) is 4.79 Å². The van der Waals surface area contributed by atoms with Crippen LogP contribution in [0.4, 0.5) is 10.7 Å². The Morgan fingerprint density at radius 2 is 1.88 bits per heavy atom. The van der Waals surface area contributed by atoms with E-state index in [-0.39, 0.29) is 11.4 Å². The molecule has 0 unspecified atom stereocenters. The molecule has 1 aliphatic carbocycles. The van der Waals surface area contributed by atoms with Crippen molar-refractivity contribution in [2.24, 2.45) is 5.41 Å². The maximum atomic E-state index is 12.5. The molecule has 7 nitrogen and oxygen atoms in total. The molecule has 0 aromatic carbocycles. The molecule has 26 heavy (non-hydrogen) atoms. The molecule has 4 rings (SSSR count). The molecule has 1 saturated carbocycles. The predicted octanol–water partition coefficient (Wildman–Crippen LogP) is 2.05. The quantitative estimate of drug-likeness (QED) is 0.875. The molecular weight excluding hydrogens is 330 g/mol. The molecule has 2 aliphatic heterocycles. The first-order valence-electron chi connectivity index (χ1n) is 9.89. The summed E-state index contributed by atoms with van der Waals surface area (Å²) in [5.41, 5.74) is 0.0832. The molecule has 3 aliphatic rings. The molecule has 0 radical (unpaired) electrons. The second kappa shape index (κ2) is 7.78. The van der Waals surface area contributed by atoms with Gasteiger partial charge in [-0.15, -0.1) is 0 Å². The van der Waals surface area contributed by atoms with Gasteiger partial charge in [0, 0.05) is 50.0 Å². The standard InChI is InChI=1S/C19H29N5O2/c25-18(22-16-4-1-2-5-16)23-10-6-19(7-11-23)14-24(12-13-26-15-19)17-20-8-3-9-21-17/h3,8-9,16H,1-2,4-7,10-15H2,(H,22,25). The number of urea groups is 1. The monoisotopic (exact) mass is 359 g/mol. The SMILES string of the molecule is O=C(NC1CCCC1)N1CCC2(CC1)COCCN(c1ncccn1)C2. The van der Waals surface area contributed by atoms with E-state index in [2.05, 4.69) is 20.2 Å². The lowest BCUT2D eigenvalue weighted by molar-refractivity contribution is 0.0297. The van der Waals surface area contributed by atoms with Gasteiger partial charge in [0.25, 0.3) is 0 Å². The van der Waals surface area contributed by atoms with Gasteiger partial charge in [0.1, 0.15) is 0 Å². The summed E-state index contributed by atoms with van der Waals surface area (Å²) in [6.07, 6.45) is 10.2. The van der Waals surface area contributed by atoms with Crippen LogP contribution in [-0.2, 0) is 4.74 Å². The third kappa shape index (κ3) is 3.92. The molecule has 1 spiro atoms. The third-order valence-corrected chi connectivity index (χ3v) is 6.07. The van der Waals surface area contributed by atoms with Crippen molar-refractivity contribution < 1.29 is 9.53 Å². The van der Waals surface area contributed by atoms with Crippen LogP contribution in [0.15, 0.2) is 18.5 Å². The van der Waals surface area contributed by atoms with Crippen molar-refractivity contribution in [3.05, 3.63) is 18.5 Å². The summed E-state index contributed by atoms with van der Waals surface area (Å²) in [7, 11) is 0. The Balaban J connectivity index is 1.36. The average Bonchev–Trinajstić information content (AvgIpc) is 3.10. The Hall–Kier alpha value is -1.89. The van der Waals surface area contributed by atoms with Crippen LogP contribution in [0, 0.1) is 5.41 Å². The summed E-state index contributed by atoms with van der Waals surface area (Å²) in [6.45, 7) is 4.77. The number of nitrogens with zero attached hydrogens (tertiary/aromatic N) is 4. The number of ether oxygens (including phenoxy) is 1. The Labute approximate surface area is 155 Å². The highest BCUT2D eigenvalue weighted by Crippen LogP contribution is 2.35. The van der Waals surface area contributed by atoms with E-state index in [1.54, 1.807) is 12.4 Å². The van der Waals surface area contributed by atoms with Crippen LogP contribution >= 0.6 is 0 Å². The van der Waals surface area contributed by atoms with Crippen molar-refractivity contribution in [3.8, 4) is 0 Å². The second-order valence-corrected chi connectivity index (χ2v) is 7.94. The number of rotatable bonds is 2. The first-order valence-corrected chi connectivity index (χ1v) is 9.89. The van der Waals surface area contributed by atoms with Crippen molar-refractivity contribution in [2.75, 3.05) is 44.3 Å². The molecular formula is C19H29N5O2. The van der Waals surface area contributed by atoms with Crippen LogP contribution in [0.25, 0.3) is 0 Å². The normalized spacial score (nSPS) is 23.8. The molecule has 3 heterocycles. The highest BCUT2D eigenvalue weighted by atomic mass is 16.5. The van der Waals surface area contributed by atoms with Gasteiger partial charge in [-0.25, -0.2) is 14.8 Å². The van der Waals surface area contributed by atoms with Crippen LogP contribution in [0.5, 0.6) is 0 Å². The summed E-state index contributed by atoms with van der Waals surface area (Å²) >= 11 is 0. The molecule has 0 bridgehead atoms. The van der Waals surface area contributed by atoms with E-state index in [0.717, 1.165) is 64.4 Å². The summed E-state index contributed by atoms with van der Waals surface area (Å²) in [5.74, 6) is 0.777. The van der Waals surface area contributed by atoms with Gasteiger partial charge in [-0.2, -0.15) is 0 Å². The van der Waals surface area contributed by atoms with Gasteiger partial charge in [-0.1, -0.05) is 12.8 Å². The van der Waals surface area contributed by atoms with Gasteiger partial charge in [0.05, 0.1) is 13.2 Å². The number of hydrogen-bond acceptors (Lipinski definition) is 5. The summed E-state index contributed by atoms with van der Waals surface area (Å²) < 4.78 is 5.93. The maximum absolute atomic E-state index is 12.5. The van der Waals surface area contributed by atoms with E-state index in [0.29, 0.717) is 12.6 Å². The summed E-state index contributed by atoms with van der Waals surface area (Å²) in [4.78, 5) is 25.6. The maximum Gasteiger partial charge on any atom is 0.317 e. The Morgan fingerprint density at radius 3 is 2.62 bits per heavy atom. The van der Waals surface area contributed by atoms with E-state index < -0.39 is 0 Å². The number of piperidine rings is 1. The van der Waals surface area contributed by atoms with Crippen molar-refractivity contribution in [1.82, 2.24) is 20.2 Å². The molecule has 1 aromatic rings. The lowest BCUT2D eigenvalue weighted by Crippen LogP contribution is -2.52. The van der Waals surface area contributed by atoms with Crippen LogP contribution in [0.1, 0.15) is 38.5 Å². The van der Waals surface area contributed by atoms with E-state index in [1.165, 1.54) is 12.8 Å². The third-order valence-electron chi connectivity index (χ3n) is 6.07.